The molecule has 82 valence electrons. The third-order valence-corrected chi connectivity index (χ3v) is 3.91. The van der Waals surface area contributed by atoms with Gasteiger partial charge in [-0.25, -0.2) is 8.78 Å². The molecule has 0 N–H and O–H groups in total. The summed E-state index contributed by atoms with van der Waals surface area (Å²) in [4.78, 5) is 2.01. The highest BCUT2D eigenvalue weighted by Gasteiger charge is 2.77. The van der Waals surface area contributed by atoms with Crippen LogP contribution in [0.1, 0.15) is 19.8 Å². The lowest BCUT2D eigenvalue weighted by Gasteiger charge is -2.29. The summed E-state index contributed by atoms with van der Waals surface area (Å²) in [5.74, 6) is -2.46. The van der Waals surface area contributed by atoms with Gasteiger partial charge in [0.25, 0.3) is 5.92 Å². The molecule has 2 rings (SSSR count). The van der Waals surface area contributed by atoms with E-state index in [-0.39, 0.29) is 18.6 Å². The van der Waals surface area contributed by atoms with Gasteiger partial charge in [0.1, 0.15) is 0 Å². The number of alkyl halides is 2. The number of methoxy groups -OCH3 is 1. The van der Waals surface area contributed by atoms with Gasteiger partial charge in [0.15, 0.2) is 0 Å². The van der Waals surface area contributed by atoms with Crippen LogP contribution >= 0.6 is 0 Å². The fourth-order valence-corrected chi connectivity index (χ4v) is 2.97. The number of hydrogen-bond donors (Lipinski definition) is 0. The van der Waals surface area contributed by atoms with Gasteiger partial charge in [-0.1, -0.05) is 0 Å². The monoisotopic (exact) mass is 205 g/mol. The topological polar surface area (TPSA) is 12.5 Å². The second-order valence-electron chi connectivity index (χ2n) is 4.65. The van der Waals surface area contributed by atoms with E-state index in [4.69, 9.17) is 4.74 Å². The van der Waals surface area contributed by atoms with Crippen LogP contribution in [0.5, 0.6) is 0 Å². The Morgan fingerprint density at radius 3 is 2.50 bits per heavy atom. The minimum absolute atomic E-state index is 0.0444. The molecule has 0 amide bonds. The molecule has 1 aliphatic heterocycles. The molecule has 2 aliphatic rings. The van der Waals surface area contributed by atoms with Gasteiger partial charge in [0.05, 0.1) is 11.5 Å². The quantitative estimate of drug-likeness (QED) is 0.681. The Labute approximate surface area is 83.2 Å². The molecule has 14 heavy (non-hydrogen) atoms. The summed E-state index contributed by atoms with van der Waals surface area (Å²) < 4.78 is 31.9. The Morgan fingerprint density at radius 1 is 1.50 bits per heavy atom. The summed E-state index contributed by atoms with van der Waals surface area (Å²) in [7, 11) is 3.49. The summed E-state index contributed by atoms with van der Waals surface area (Å²) in [6.45, 7) is 2.64. The van der Waals surface area contributed by atoms with Crippen molar-refractivity contribution in [1.29, 1.82) is 0 Å². The first-order valence-corrected chi connectivity index (χ1v) is 5.05. The first kappa shape index (κ1) is 10.3. The molecule has 0 aromatic carbocycles. The average molecular weight is 205 g/mol. The van der Waals surface area contributed by atoms with Crippen molar-refractivity contribution >= 4 is 0 Å². The molecule has 3 atom stereocenters. The summed E-state index contributed by atoms with van der Waals surface area (Å²) in [5.41, 5.74) is -0.781. The minimum Gasteiger partial charge on any atom is -0.380 e. The number of ether oxygens (including phenoxy) is 1. The van der Waals surface area contributed by atoms with Gasteiger partial charge in [0, 0.05) is 19.6 Å². The fraction of sp³-hybridized carbons (Fsp3) is 1.00. The van der Waals surface area contributed by atoms with Crippen molar-refractivity contribution < 1.29 is 13.5 Å². The Kier molecular flexibility index (Phi) is 2.13. The lowest BCUT2D eigenvalue weighted by Crippen LogP contribution is -2.42. The molecule has 4 heteroatoms. The van der Waals surface area contributed by atoms with Crippen LogP contribution in [-0.2, 0) is 4.74 Å². The maximum Gasteiger partial charge on any atom is 0.256 e. The van der Waals surface area contributed by atoms with Crippen molar-refractivity contribution in [3.8, 4) is 0 Å². The first-order chi connectivity index (χ1) is 6.44. The zero-order valence-electron chi connectivity index (χ0n) is 8.89. The summed E-state index contributed by atoms with van der Waals surface area (Å²) in [6.07, 6.45) is 0.535. The smallest absolute Gasteiger partial charge is 0.256 e. The van der Waals surface area contributed by atoms with Gasteiger partial charge < -0.3 is 9.64 Å². The highest BCUT2D eigenvalue weighted by molar-refractivity contribution is 5.20. The molecule has 0 bridgehead atoms. The van der Waals surface area contributed by atoms with Crippen molar-refractivity contribution in [1.82, 2.24) is 4.90 Å². The second kappa shape index (κ2) is 2.89. The highest BCUT2D eigenvalue weighted by atomic mass is 19.3. The van der Waals surface area contributed by atoms with Gasteiger partial charge in [-0.2, -0.15) is 0 Å². The molecule has 1 unspecified atom stereocenters. The third-order valence-electron chi connectivity index (χ3n) is 3.91. The standard InChI is InChI=1S/C10H17F2NO/c1-7(14-3)8-9(4-5-13(8)2)6-10(9,11)12/h7-8H,4-6H2,1-3H3/t7-,8+,9?/m0/s1. The molecular weight excluding hydrogens is 188 g/mol. The van der Waals surface area contributed by atoms with Crippen molar-refractivity contribution in [3.63, 3.8) is 0 Å². The molecule has 1 saturated carbocycles. The lowest BCUT2D eigenvalue weighted by molar-refractivity contribution is -0.00992. The van der Waals surface area contributed by atoms with E-state index in [1.807, 2.05) is 18.9 Å². The molecule has 2 nitrogen and oxygen atoms in total. The summed E-state index contributed by atoms with van der Waals surface area (Å²) in [6, 6.07) is -0.123. The number of halogens is 2. The van der Waals surface area contributed by atoms with Crippen molar-refractivity contribution in [2.45, 2.75) is 37.8 Å². The summed E-state index contributed by atoms with van der Waals surface area (Å²) >= 11 is 0. The fourth-order valence-electron chi connectivity index (χ4n) is 2.97. The average Bonchev–Trinajstić information content (AvgIpc) is 2.47. The molecule has 1 heterocycles. The molecule has 0 aromatic rings. The van der Waals surface area contributed by atoms with Crippen molar-refractivity contribution in [2.24, 2.45) is 5.41 Å². The van der Waals surface area contributed by atoms with Gasteiger partial charge in [0.2, 0.25) is 0 Å². The van der Waals surface area contributed by atoms with Gasteiger partial charge >= 0.3 is 0 Å². The van der Waals surface area contributed by atoms with E-state index in [1.165, 1.54) is 0 Å². The van der Waals surface area contributed by atoms with Crippen LogP contribution in [0.3, 0.4) is 0 Å². The van der Waals surface area contributed by atoms with E-state index in [2.05, 4.69) is 0 Å². The summed E-state index contributed by atoms with van der Waals surface area (Å²) in [5, 5.41) is 0. The number of nitrogens with zero attached hydrogens (tertiary/aromatic N) is 1. The van der Waals surface area contributed by atoms with Crippen LogP contribution in [0.2, 0.25) is 0 Å². The Balaban J connectivity index is 2.20. The third kappa shape index (κ3) is 1.13. The molecular formula is C10H17F2NO. The highest BCUT2D eigenvalue weighted by Crippen LogP contribution is 2.68. The molecule has 1 aliphatic carbocycles. The normalized spacial score (nSPS) is 43.1. The maximum atomic E-state index is 13.3. The maximum absolute atomic E-state index is 13.3. The van der Waals surface area contributed by atoms with E-state index >= 15 is 0 Å². The van der Waals surface area contributed by atoms with Crippen molar-refractivity contribution in [2.75, 3.05) is 20.7 Å². The van der Waals surface area contributed by atoms with Crippen LogP contribution in [0.25, 0.3) is 0 Å². The minimum atomic E-state index is -2.46. The van der Waals surface area contributed by atoms with Crippen LogP contribution in [-0.4, -0.2) is 43.7 Å². The predicted octanol–water partition coefficient (Wildman–Crippen LogP) is 1.75. The van der Waals surface area contributed by atoms with E-state index in [1.54, 1.807) is 7.11 Å². The molecule has 2 fully saturated rings. The van der Waals surface area contributed by atoms with Crippen LogP contribution in [0.4, 0.5) is 8.78 Å². The van der Waals surface area contributed by atoms with Crippen LogP contribution < -0.4 is 0 Å². The SMILES string of the molecule is CO[C@@H](C)[C@H]1N(C)CCC12CC2(F)F. The van der Waals surface area contributed by atoms with Crippen LogP contribution in [0.15, 0.2) is 0 Å². The van der Waals surface area contributed by atoms with Gasteiger partial charge in [-0.3, -0.25) is 0 Å². The van der Waals surface area contributed by atoms with Gasteiger partial charge in [-0.15, -0.1) is 0 Å². The van der Waals surface area contributed by atoms with Crippen LogP contribution in [0, 0.1) is 5.41 Å². The number of likely N-dealkylation sites (N-methyl/N-ethyl adjacent to an activating group) is 1. The van der Waals surface area contributed by atoms with Crippen molar-refractivity contribution in [3.05, 3.63) is 0 Å². The van der Waals surface area contributed by atoms with E-state index in [0.29, 0.717) is 6.42 Å². The zero-order chi connectivity index (χ0) is 10.6. The van der Waals surface area contributed by atoms with E-state index in [9.17, 15) is 8.78 Å². The Morgan fingerprint density at radius 2 is 2.07 bits per heavy atom. The molecule has 0 aromatic heterocycles. The number of hydrogen-bond acceptors (Lipinski definition) is 2. The molecule has 1 spiro atoms. The molecule has 0 radical (unpaired) electrons. The van der Waals surface area contributed by atoms with Gasteiger partial charge in [-0.05, 0) is 26.9 Å². The lowest BCUT2D eigenvalue weighted by atomic mass is 9.92. The first-order valence-electron chi connectivity index (χ1n) is 5.05. The van der Waals surface area contributed by atoms with E-state index < -0.39 is 11.3 Å². The van der Waals surface area contributed by atoms with E-state index in [0.717, 1.165) is 6.54 Å². The Bertz CT molecular complexity index is 246. The predicted molar refractivity (Wildman–Crippen MR) is 49.5 cm³/mol. The number of likely N-dealkylation sites (tertiary alicyclic amines) is 1. The second-order valence-corrected chi connectivity index (χ2v) is 4.65. The largest absolute Gasteiger partial charge is 0.380 e. The zero-order valence-corrected chi connectivity index (χ0v) is 8.89. The number of rotatable bonds is 2. The molecule has 1 saturated heterocycles. The Hall–Kier alpha value is -0.220.